The minimum absolute atomic E-state index is 0.670. The van der Waals surface area contributed by atoms with Crippen molar-refractivity contribution in [3.8, 4) is 0 Å². The Balaban J connectivity index is 2.18. The van der Waals surface area contributed by atoms with E-state index in [4.69, 9.17) is 4.84 Å². The van der Waals surface area contributed by atoms with E-state index in [9.17, 15) is 0 Å². The SMILES string of the molecule is CONCC1CCCCN1C. The second kappa shape index (κ2) is 4.70. The Morgan fingerprint density at radius 2 is 2.36 bits per heavy atom. The maximum Gasteiger partial charge on any atom is 0.0572 e. The van der Waals surface area contributed by atoms with Crippen molar-refractivity contribution in [2.75, 3.05) is 27.2 Å². The molecule has 11 heavy (non-hydrogen) atoms. The van der Waals surface area contributed by atoms with Crippen LogP contribution < -0.4 is 5.48 Å². The third-order valence-electron chi connectivity index (χ3n) is 2.38. The standard InChI is InChI=1S/C8H18N2O/c1-10-6-4-3-5-8(10)7-9-11-2/h8-9H,3-7H2,1-2H3. The third-order valence-corrected chi connectivity index (χ3v) is 2.38. The molecule has 3 nitrogen and oxygen atoms in total. The Kier molecular flexibility index (Phi) is 3.83. The maximum absolute atomic E-state index is 4.82. The summed E-state index contributed by atoms with van der Waals surface area (Å²) in [7, 11) is 3.85. The van der Waals surface area contributed by atoms with Gasteiger partial charge in [-0.2, -0.15) is 0 Å². The van der Waals surface area contributed by atoms with E-state index in [1.165, 1.54) is 25.8 Å². The number of hydroxylamine groups is 1. The van der Waals surface area contributed by atoms with Gasteiger partial charge in [-0.1, -0.05) is 6.42 Å². The van der Waals surface area contributed by atoms with Crippen LogP contribution in [0.1, 0.15) is 19.3 Å². The molecule has 0 aromatic rings. The smallest absolute Gasteiger partial charge is 0.0572 e. The van der Waals surface area contributed by atoms with E-state index in [-0.39, 0.29) is 0 Å². The lowest BCUT2D eigenvalue weighted by Gasteiger charge is -2.32. The summed E-state index contributed by atoms with van der Waals surface area (Å²) in [6, 6.07) is 0.670. The highest BCUT2D eigenvalue weighted by Crippen LogP contribution is 2.13. The molecule has 0 aromatic carbocycles. The first-order valence-electron chi connectivity index (χ1n) is 4.30. The third kappa shape index (κ3) is 2.77. The van der Waals surface area contributed by atoms with E-state index in [2.05, 4.69) is 17.4 Å². The fourth-order valence-electron chi connectivity index (χ4n) is 1.58. The van der Waals surface area contributed by atoms with E-state index < -0.39 is 0 Å². The van der Waals surface area contributed by atoms with Crippen LogP contribution in [0.5, 0.6) is 0 Å². The molecule has 0 spiro atoms. The molecule has 0 radical (unpaired) electrons. The van der Waals surface area contributed by atoms with Crippen molar-refractivity contribution in [3.05, 3.63) is 0 Å². The fraction of sp³-hybridized carbons (Fsp3) is 1.00. The molecule has 0 aliphatic carbocycles. The molecule has 1 saturated heterocycles. The number of piperidine rings is 1. The second-order valence-corrected chi connectivity index (χ2v) is 3.18. The van der Waals surface area contributed by atoms with Gasteiger partial charge in [0.1, 0.15) is 0 Å². The number of hydrogen-bond acceptors (Lipinski definition) is 3. The first-order valence-corrected chi connectivity index (χ1v) is 4.30. The molecule has 0 saturated carbocycles. The highest BCUT2D eigenvalue weighted by atomic mass is 16.6. The van der Waals surface area contributed by atoms with Gasteiger partial charge < -0.3 is 9.74 Å². The van der Waals surface area contributed by atoms with Gasteiger partial charge in [0, 0.05) is 12.6 Å². The first kappa shape index (κ1) is 8.97. The number of rotatable bonds is 3. The predicted octanol–water partition coefficient (Wildman–Crippen LogP) is 0.622. The van der Waals surface area contributed by atoms with Crippen LogP contribution in [0, 0.1) is 0 Å². The Morgan fingerprint density at radius 3 is 3.00 bits per heavy atom. The van der Waals surface area contributed by atoms with Crippen LogP contribution in [0.15, 0.2) is 0 Å². The second-order valence-electron chi connectivity index (χ2n) is 3.18. The summed E-state index contributed by atoms with van der Waals surface area (Å²) in [4.78, 5) is 7.21. The summed E-state index contributed by atoms with van der Waals surface area (Å²) in [6.07, 6.45) is 4.01. The van der Waals surface area contributed by atoms with Gasteiger partial charge in [-0.05, 0) is 26.4 Å². The van der Waals surface area contributed by atoms with Gasteiger partial charge in [0.25, 0.3) is 0 Å². The van der Waals surface area contributed by atoms with Crippen LogP contribution in [0.4, 0.5) is 0 Å². The molecule has 0 amide bonds. The highest BCUT2D eigenvalue weighted by molar-refractivity contribution is 4.74. The van der Waals surface area contributed by atoms with Crippen molar-refractivity contribution in [2.45, 2.75) is 25.3 Å². The molecule has 1 aliphatic rings. The molecule has 1 rings (SSSR count). The zero-order chi connectivity index (χ0) is 8.10. The lowest BCUT2D eigenvalue weighted by molar-refractivity contribution is 0.0592. The highest BCUT2D eigenvalue weighted by Gasteiger charge is 2.17. The molecule has 0 bridgehead atoms. The van der Waals surface area contributed by atoms with Gasteiger partial charge >= 0.3 is 0 Å². The maximum atomic E-state index is 4.82. The molecule has 1 aliphatic heterocycles. The predicted molar refractivity (Wildman–Crippen MR) is 45.3 cm³/mol. The van der Waals surface area contributed by atoms with Crippen LogP contribution in [0.3, 0.4) is 0 Å². The van der Waals surface area contributed by atoms with Crippen molar-refractivity contribution in [1.82, 2.24) is 10.4 Å². The van der Waals surface area contributed by atoms with Gasteiger partial charge in [-0.3, -0.25) is 0 Å². The minimum atomic E-state index is 0.670. The zero-order valence-corrected chi connectivity index (χ0v) is 7.47. The molecule has 1 heterocycles. The van der Waals surface area contributed by atoms with E-state index in [0.29, 0.717) is 6.04 Å². The van der Waals surface area contributed by atoms with Gasteiger partial charge in [-0.25, -0.2) is 5.48 Å². The van der Waals surface area contributed by atoms with E-state index in [1.54, 1.807) is 7.11 Å². The minimum Gasteiger partial charge on any atom is -0.305 e. The molecule has 1 N–H and O–H groups in total. The molecule has 66 valence electrons. The van der Waals surface area contributed by atoms with Crippen molar-refractivity contribution >= 4 is 0 Å². The summed E-state index contributed by atoms with van der Waals surface area (Å²) >= 11 is 0. The Morgan fingerprint density at radius 1 is 1.55 bits per heavy atom. The Hall–Kier alpha value is -0.120. The van der Waals surface area contributed by atoms with Crippen molar-refractivity contribution in [1.29, 1.82) is 0 Å². The summed E-state index contributed by atoms with van der Waals surface area (Å²) in [5.41, 5.74) is 2.91. The first-order chi connectivity index (χ1) is 5.34. The van der Waals surface area contributed by atoms with Crippen LogP contribution in [0.2, 0.25) is 0 Å². The molecular formula is C8H18N2O. The van der Waals surface area contributed by atoms with E-state index in [1.807, 2.05) is 0 Å². The lowest BCUT2D eigenvalue weighted by Crippen LogP contribution is -2.42. The normalized spacial score (nSPS) is 27.3. The monoisotopic (exact) mass is 158 g/mol. The van der Waals surface area contributed by atoms with Crippen molar-refractivity contribution in [3.63, 3.8) is 0 Å². The fourth-order valence-corrected chi connectivity index (χ4v) is 1.58. The number of nitrogens with one attached hydrogen (secondary N) is 1. The van der Waals surface area contributed by atoms with Gasteiger partial charge in [0.2, 0.25) is 0 Å². The van der Waals surface area contributed by atoms with Crippen molar-refractivity contribution < 1.29 is 4.84 Å². The molecule has 1 atom stereocenters. The van der Waals surface area contributed by atoms with Crippen molar-refractivity contribution in [2.24, 2.45) is 0 Å². The van der Waals surface area contributed by atoms with Gasteiger partial charge in [0.15, 0.2) is 0 Å². The zero-order valence-electron chi connectivity index (χ0n) is 7.47. The summed E-state index contributed by atoms with van der Waals surface area (Å²) in [6.45, 7) is 2.18. The number of nitrogens with zero attached hydrogens (tertiary/aromatic N) is 1. The van der Waals surface area contributed by atoms with Gasteiger partial charge in [0.05, 0.1) is 7.11 Å². The summed E-state index contributed by atoms with van der Waals surface area (Å²) < 4.78 is 0. The van der Waals surface area contributed by atoms with E-state index >= 15 is 0 Å². The molecular weight excluding hydrogens is 140 g/mol. The van der Waals surface area contributed by atoms with Crippen LogP contribution >= 0.6 is 0 Å². The Labute approximate surface area is 68.7 Å². The Bertz CT molecular complexity index is 108. The topological polar surface area (TPSA) is 24.5 Å². The van der Waals surface area contributed by atoms with Gasteiger partial charge in [-0.15, -0.1) is 0 Å². The molecule has 3 heteroatoms. The molecule has 0 aromatic heterocycles. The summed E-state index contributed by atoms with van der Waals surface area (Å²) in [5.74, 6) is 0. The molecule has 1 unspecified atom stereocenters. The molecule has 1 fully saturated rings. The lowest BCUT2D eigenvalue weighted by atomic mass is 10.0. The largest absolute Gasteiger partial charge is 0.305 e. The quantitative estimate of drug-likeness (QED) is 0.609. The average Bonchev–Trinajstić information content (AvgIpc) is 2.03. The number of likely N-dealkylation sites (N-methyl/N-ethyl adjacent to an activating group) is 1. The average molecular weight is 158 g/mol. The van der Waals surface area contributed by atoms with E-state index in [0.717, 1.165) is 6.54 Å². The summed E-state index contributed by atoms with van der Waals surface area (Å²) in [5, 5.41) is 0. The number of likely N-dealkylation sites (tertiary alicyclic amines) is 1. The van der Waals surface area contributed by atoms with Crippen LogP contribution in [-0.2, 0) is 4.84 Å². The van der Waals surface area contributed by atoms with Crippen LogP contribution in [0.25, 0.3) is 0 Å². The number of hydrogen-bond donors (Lipinski definition) is 1. The van der Waals surface area contributed by atoms with Crippen LogP contribution in [-0.4, -0.2) is 38.2 Å².